The molecule has 0 aromatic heterocycles. The first-order chi connectivity index (χ1) is 14.0. The Kier molecular flexibility index (Phi) is 6.56. The first-order valence-electron chi connectivity index (χ1n) is 9.16. The monoisotopic (exact) mass is 456 g/mol. The molecule has 0 aliphatic carbocycles. The van der Waals surface area contributed by atoms with Crippen molar-refractivity contribution in [2.75, 3.05) is 19.6 Å². The zero-order valence-corrected chi connectivity index (χ0v) is 17.0. The van der Waals surface area contributed by atoms with Gasteiger partial charge in [-0.25, -0.2) is 4.79 Å². The second kappa shape index (κ2) is 8.21. The van der Waals surface area contributed by atoms with E-state index in [0.29, 0.717) is 12.1 Å². The minimum Gasteiger partial charge on any atom is -0.444 e. The third kappa shape index (κ3) is 5.41. The summed E-state index contributed by atoms with van der Waals surface area (Å²) in [5, 5.41) is 9.41. The lowest BCUT2D eigenvalue weighted by Crippen LogP contribution is -2.54. The molecule has 1 aromatic carbocycles. The fourth-order valence-corrected chi connectivity index (χ4v) is 2.92. The molecule has 12 heteroatoms. The number of halogens is 6. The number of alkyl halides is 6. The molecule has 1 saturated heterocycles. The molecule has 0 bridgehead atoms. The molecule has 0 spiro atoms. The van der Waals surface area contributed by atoms with Gasteiger partial charge in [-0.2, -0.15) is 26.3 Å². The number of piperazine rings is 1. The predicted molar refractivity (Wildman–Crippen MR) is 95.7 cm³/mol. The number of carbonyl (C=O) groups excluding carboxylic acids is 2. The van der Waals surface area contributed by atoms with Gasteiger partial charge in [0.25, 0.3) is 5.60 Å². The number of ether oxygens (including phenoxy) is 1. The van der Waals surface area contributed by atoms with Crippen molar-refractivity contribution in [3.05, 3.63) is 35.4 Å². The summed E-state index contributed by atoms with van der Waals surface area (Å²) in [5.74, 6) is -0.455. The van der Waals surface area contributed by atoms with Gasteiger partial charge in [-0.15, -0.1) is 0 Å². The smallest absolute Gasteiger partial charge is 0.430 e. The van der Waals surface area contributed by atoms with E-state index in [2.05, 4.69) is 0 Å². The van der Waals surface area contributed by atoms with Crippen LogP contribution in [0.4, 0.5) is 31.1 Å². The van der Waals surface area contributed by atoms with Crippen LogP contribution in [0, 0.1) is 0 Å². The molecule has 2 amide bonds. The van der Waals surface area contributed by atoms with Gasteiger partial charge in [0.05, 0.1) is 0 Å². The molecule has 2 rings (SSSR count). The van der Waals surface area contributed by atoms with Crippen LogP contribution in [0.2, 0.25) is 0 Å². The van der Waals surface area contributed by atoms with Gasteiger partial charge in [-0.05, 0) is 26.3 Å². The fraction of sp³-hybridized carbons (Fsp3) is 0.579. The number of carbonyl (C=O) groups is 2. The third-order valence-electron chi connectivity index (χ3n) is 4.54. The Morgan fingerprint density at radius 3 is 1.94 bits per heavy atom. The summed E-state index contributed by atoms with van der Waals surface area (Å²) < 4.78 is 82.9. The summed E-state index contributed by atoms with van der Waals surface area (Å²) in [4.78, 5) is 26.9. The van der Waals surface area contributed by atoms with Crippen LogP contribution >= 0.6 is 0 Å². The van der Waals surface area contributed by atoms with E-state index < -0.39 is 41.1 Å². The van der Waals surface area contributed by atoms with E-state index in [1.54, 1.807) is 20.8 Å². The zero-order chi connectivity index (χ0) is 23.8. The van der Waals surface area contributed by atoms with Crippen molar-refractivity contribution >= 4 is 12.0 Å². The normalized spacial score (nSPS) is 16.5. The zero-order valence-electron chi connectivity index (χ0n) is 17.0. The average molecular weight is 456 g/mol. The van der Waals surface area contributed by atoms with E-state index in [1.807, 2.05) is 0 Å². The Labute approximate surface area is 174 Å². The molecule has 0 radical (unpaired) electrons. The Hall–Kier alpha value is -2.50. The molecule has 1 aliphatic rings. The number of amides is 2. The number of hydrogen-bond donors (Lipinski definition) is 1. The van der Waals surface area contributed by atoms with Gasteiger partial charge < -0.3 is 14.7 Å². The molecule has 1 fully saturated rings. The minimum atomic E-state index is -5.97. The molecule has 0 saturated carbocycles. The van der Waals surface area contributed by atoms with E-state index >= 15 is 0 Å². The van der Waals surface area contributed by atoms with Gasteiger partial charge >= 0.3 is 18.4 Å². The molecular formula is C19H22F6N2O4. The Balaban J connectivity index is 2.09. The summed E-state index contributed by atoms with van der Waals surface area (Å²) in [6, 6.07) is 3.01. The second-order valence-electron chi connectivity index (χ2n) is 8.12. The SMILES string of the molecule is CC(C)(C)OC(=O)N1CCN(Cc2ccc(C(O)(C(F)(F)F)C(F)(F)F)cc2)C(=O)C1. The number of hydrogen-bond acceptors (Lipinski definition) is 4. The van der Waals surface area contributed by atoms with Crippen molar-refractivity contribution in [1.29, 1.82) is 0 Å². The van der Waals surface area contributed by atoms with Crippen LogP contribution in [0.1, 0.15) is 31.9 Å². The van der Waals surface area contributed by atoms with Crippen molar-refractivity contribution in [3.8, 4) is 0 Å². The van der Waals surface area contributed by atoms with E-state index in [9.17, 15) is 41.0 Å². The number of nitrogens with zero attached hydrogens (tertiary/aromatic N) is 2. The largest absolute Gasteiger partial charge is 0.444 e. The molecular weight excluding hydrogens is 434 g/mol. The molecule has 1 N–H and O–H groups in total. The van der Waals surface area contributed by atoms with Crippen molar-refractivity contribution < 1.29 is 45.8 Å². The maximum atomic E-state index is 12.9. The van der Waals surface area contributed by atoms with Crippen LogP contribution < -0.4 is 0 Å². The third-order valence-corrected chi connectivity index (χ3v) is 4.54. The Morgan fingerprint density at radius 1 is 1.00 bits per heavy atom. The summed E-state index contributed by atoms with van der Waals surface area (Å²) in [5.41, 5.74) is -6.87. The van der Waals surface area contributed by atoms with E-state index in [1.165, 1.54) is 9.80 Å². The van der Waals surface area contributed by atoms with Gasteiger partial charge in [-0.1, -0.05) is 24.3 Å². The second-order valence-corrected chi connectivity index (χ2v) is 8.12. The lowest BCUT2D eigenvalue weighted by atomic mass is 9.91. The van der Waals surface area contributed by atoms with Crippen molar-refractivity contribution in [2.24, 2.45) is 0 Å². The van der Waals surface area contributed by atoms with Crippen LogP contribution in [-0.4, -0.2) is 64.5 Å². The maximum Gasteiger partial charge on any atom is 0.430 e. The number of benzene rings is 1. The standard InChI is InChI=1S/C19H22F6N2O4/c1-16(2,3)31-15(29)27-9-8-26(14(28)11-27)10-12-4-6-13(7-5-12)17(30,18(20,21)22)19(23,24)25/h4-7,30H,8-11H2,1-3H3. The van der Waals surface area contributed by atoms with Crippen molar-refractivity contribution in [2.45, 2.75) is 50.9 Å². The molecule has 174 valence electrons. The van der Waals surface area contributed by atoms with Gasteiger partial charge in [0.2, 0.25) is 5.91 Å². The lowest BCUT2D eigenvalue weighted by Gasteiger charge is -2.35. The number of rotatable bonds is 3. The van der Waals surface area contributed by atoms with E-state index in [4.69, 9.17) is 4.74 Å². The van der Waals surface area contributed by atoms with Crippen LogP contribution in [-0.2, 0) is 21.7 Å². The first-order valence-corrected chi connectivity index (χ1v) is 9.16. The highest BCUT2D eigenvalue weighted by Crippen LogP contribution is 2.49. The Morgan fingerprint density at radius 2 is 1.52 bits per heavy atom. The summed E-state index contributed by atoms with van der Waals surface area (Å²) in [6.07, 6.45) is -12.6. The van der Waals surface area contributed by atoms with Crippen molar-refractivity contribution in [3.63, 3.8) is 0 Å². The van der Waals surface area contributed by atoms with Crippen LogP contribution in [0.3, 0.4) is 0 Å². The molecule has 1 aliphatic heterocycles. The van der Waals surface area contributed by atoms with Crippen LogP contribution in [0.5, 0.6) is 0 Å². The molecule has 6 nitrogen and oxygen atoms in total. The topological polar surface area (TPSA) is 70.1 Å². The van der Waals surface area contributed by atoms with Gasteiger partial charge in [0.15, 0.2) is 0 Å². The fourth-order valence-electron chi connectivity index (χ4n) is 2.92. The van der Waals surface area contributed by atoms with E-state index in [0.717, 1.165) is 12.1 Å². The molecule has 1 aromatic rings. The highest BCUT2D eigenvalue weighted by molar-refractivity contribution is 5.83. The quantitative estimate of drug-likeness (QED) is 0.707. The van der Waals surface area contributed by atoms with Gasteiger partial charge in [-0.3, -0.25) is 9.69 Å². The minimum absolute atomic E-state index is 0.0856. The van der Waals surface area contributed by atoms with Gasteiger partial charge in [0.1, 0.15) is 12.1 Å². The maximum absolute atomic E-state index is 12.9. The summed E-state index contributed by atoms with van der Waals surface area (Å²) in [6.45, 7) is 4.92. The molecule has 0 unspecified atom stereocenters. The van der Waals surface area contributed by atoms with Crippen LogP contribution in [0.15, 0.2) is 24.3 Å². The van der Waals surface area contributed by atoms with Crippen LogP contribution in [0.25, 0.3) is 0 Å². The first kappa shape index (κ1) is 24.8. The summed E-state index contributed by atoms with van der Waals surface area (Å²) in [7, 11) is 0. The van der Waals surface area contributed by atoms with Gasteiger partial charge in [0, 0.05) is 25.2 Å². The average Bonchev–Trinajstić information content (AvgIpc) is 2.60. The summed E-state index contributed by atoms with van der Waals surface area (Å²) >= 11 is 0. The molecule has 0 atom stereocenters. The highest BCUT2D eigenvalue weighted by atomic mass is 19.4. The molecule has 31 heavy (non-hydrogen) atoms. The molecule has 1 heterocycles. The van der Waals surface area contributed by atoms with Crippen molar-refractivity contribution in [1.82, 2.24) is 9.80 Å². The predicted octanol–water partition coefficient (Wildman–Crippen LogP) is 3.58. The van der Waals surface area contributed by atoms with E-state index in [-0.39, 0.29) is 31.7 Å². The lowest BCUT2D eigenvalue weighted by molar-refractivity contribution is -0.376. The highest BCUT2D eigenvalue weighted by Gasteiger charge is 2.71. The Bertz CT molecular complexity index is 801. The number of aliphatic hydroxyl groups is 1.